The van der Waals surface area contributed by atoms with Crippen LogP contribution in [0, 0.1) is 0 Å². The van der Waals surface area contributed by atoms with Crippen molar-refractivity contribution in [3.05, 3.63) is 70.8 Å². The van der Waals surface area contributed by atoms with Crippen LogP contribution in [0.5, 0.6) is 0 Å². The van der Waals surface area contributed by atoms with Gasteiger partial charge in [0.2, 0.25) is 0 Å². The average Bonchev–Trinajstić information content (AvgIpc) is 2.67. The van der Waals surface area contributed by atoms with E-state index in [0.29, 0.717) is 12.1 Å². The standard InChI is InChI=1S/C20H22N2O4/c23-19(21-13-15-5-7-16(8-6-15)20(24)25)18-4-2-1-3-17(18)14-22-9-11-26-12-10-22/h1-8H,9-14H2,(H,21,23)(H,24,25). The van der Waals surface area contributed by atoms with Gasteiger partial charge in [0.1, 0.15) is 0 Å². The van der Waals surface area contributed by atoms with Crippen molar-refractivity contribution in [3.63, 3.8) is 0 Å². The molecule has 2 aromatic rings. The van der Waals surface area contributed by atoms with Crippen LogP contribution >= 0.6 is 0 Å². The van der Waals surface area contributed by atoms with E-state index < -0.39 is 5.97 Å². The maximum Gasteiger partial charge on any atom is 0.335 e. The van der Waals surface area contributed by atoms with Crippen LogP contribution in [0.25, 0.3) is 0 Å². The summed E-state index contributed by atoms with van der Waals surface area (Å²) in [5, 5.41) is 11.8. The number of hydrogen-bond donors (Lipinski definition) is 2. The molecular weight excluding hydrogens is 332 g/mol. The van der Waals surface area contributed by atoms with Crippen molar-refractivity contribution in [3.8, 4) is 0 Å². The van der Waals surface area contributed by atoms with Crippen LogP contribution in [-0.4, -0.2) is 48.2 Å². The number of rotatable bonds is 6. The molecule has 26 heavy (non-hydrogen) atoms. The topological polar surface area (TPSA) is 78.9 Å². The Kier molecular flexibility index (Phi) is 5.99. The number of morpholine rings is 1. The Hall–Kier alpha value is -2.70. The minimum atomic E-state index is -0.961. The highest BCUT2D eigenvalue weighted by Gasteiger charge is 2.16. The monoisotopic (exact) mass is 354 g/mol. The Morgan fingerprint density at radius 1 is 1.04 bits per heavy atom. The van der Waals surface area contributed by atoms with E-state index >= 15 is 0 Å². The highest BCUT2D eigenvalue weighted by molar-refractivity contribution is 5.95. The van der Waals surface area contributed by atoms with Gasteiger partial charge in [-0.2, -0.15) is 0 Å². The molecule has 6 nitrogen and oxygen atoms in total. The molecule has 0 unspecified atom stereocenters. The van der Waals surface area contributed by atoms with E-state index in [1.807, 2.05) is 24.3 Å². The molecule has 3 rings (SSSR count). The normalized spacial score (nSPS) is 14.8. The molecule has 1 aliphatic rings. The molecule has 0 aliphatic carbocycles. The summed E-state index contributed by atoms with van der Waals surface area (Å²) < 4.78 is 5.37. The number of aromatic carboxylic acids is 1. The summed E-state index contributed by atoms with van der Waals surface area (Å²) >= 11 is 0. The molecular formula is C20H22N2O4. The van der Waals surface area contributed by atoms with E-state index in [9.17, 15) is 9.59 Å². The average molecular weight is 354 g/mol. The number of hydrogen-bond acceptors (Lipinski definition) is 4. The molecule has 0 aromatic heterocycles. The summed E-state index contributed by atoms with van der Waals surface area (Å²) in [6.07, 6.45) is 0. The zero-order valence-electron chi connectivity index (χ0n) is 14.5. The lowest BCUT2D eigenvalue weighted by Crippen LogP contribution is -2.36. The van der Waals surface area contributed by atoms with Gasteiger partial charge in [0.15, 0.2) is 0 Å². The van der Waals surface area contributed by atoms with Gasteiger partial charge in [-0.3, -0.25) is 9.69 Å². The summed E-state index contributed by atoms with van der Waals surface area (Å²) in [4.78, 5) is 25.8. The van der Waals surface area contributed by atoms with E-state index in [4.69, 9.17) is 9.84 Å². The fraction of sp³-hybridized carbons (Fsp3) is 0.300. The Balaban J connectivity index is 1.63. The molecule has 0 spiro atoms. The third-order valence-electron chi connectivity index (χ3n) is 4.41. The number of amides is 1. The van der Waals surface area contributed by atoms with Gasteiger partial charge in [0.25, 0.3) is 5.91 Å². The van der Waals surface area contributed by atoms with Crippen LogP contribution in [0.4, 0.5) is 0 Å². The van der Waals surface area contributed by atoms with E-state index in [0.717, 1.165) is 44.0 Å². The summed E-state index contributed by atoms with van der Waals surface area (Å²) in [5.41, 5.74) is 2.75. The number of nitrogens with zero attached hydrogens (tertiary/aromatic N) is 1. The molecule has 2 N–H and O–H groups in total. The molecule has 2 aromatic carbocycles. The van der Waals surface area contributed by atoms with Gasteiger partial charge in [0, 0.05) is 31.7 Å². The second kappa shape index (κ2) is 8.60. The predicted octanol–water partition coefficient (Wildman–Crippen LogP) is 2.15. The predicted molar refractivity (Wildman–Crippen MR) is 97.1 cm³/mol. The van der Waals surface area contributed by atoms with Crippen molar-refractivity contribution in [2.45, 2.75) is 13.1 Å². The molecule has 0 radical (unpaired) electrons. The Morgan fingerprint density at radius 3 is 2.42 bits per heavy atom. The van der Waals surface area contributed by atoms with Crippen LogP contribution in [0.1, 0.15) is 31.8 Å². The number of carbonyl (C=O) groups excluding carboxylic acids is 1. The quantitative estimate of drug-likeness (QED) is 0.831. The number of benzene rings is 2. The van der Waals surface area contributed by atoms with Crippen molar-refractivity contribution in [2.75, 3.05) is 26.3 Å². The Morgan fingerprint density at radius 2 is 1.73 bits per heavy atom. The first-order chi connectivity index (χ1) is 12.6. The molecule has 6 heteroatoms. The number of nitrogens with one attached hydrogen (secondary N) is 1. The van der Waals surface area contributed by atoms with Crippen LogP contribution in [0.15, 0.2) is 48.5 Å². The number of carboxylic acid groups (broad SMARTS) is 1. The van der Waals surface area contributed by atoms with Crippen LogP contribution in [0.3, 0.4) is 0 Å². The smallest absolute Gasteiger partial charge is 0.335 e. The SMILES string of the molecule is O=C(O)c1ccc(CNC(=O)c2ccccc2CN2CCOCC2)cc1. The van der Waals surface area contributed by atoms with E-state index in [-0.39, 0.29) is 11.5 Å². The van der Waals surface area contributed by atoms with Gasteiger partial charge < -0.3 is 15.2 Å². The second-order valence-electron chi connectivity index (χ2n) is 6.23. The van der Waals surface area contributed by atoms with E-state index in [1.165, 1.54) is 12.1 Å². The summed E-state index contributed by atoms with van der Waals surface area (Å²) in [7, 11) is 0. The third-order valence-corrected chi connectivity index (χ3v) is 4.41. The largest absolute Gasteiger partial charge is 0.478 e. The second-order valence-corrected chi connectivity index (χ2v) is 6.23. The van der Waals surface area contributed by atoms with Crippen LogP contribution < -0.4 is 5.32 Å². The van der Waals surface area contributed by atoms with Gasteiger partial charge in [-0.25, -0.2) is 4.79 Å². The maximum absolute atomic E-state index is 12.6. The van der Waals surface area contributed by atoms with Gasteiger partial charge in [-0.05, 0) is 29.3 Å². The first kappa shape index (κ1) is 18.1. The van der Waals surface area contributed by atoms with Crippen LogP contribution in [-0.2, 0) is 17.8 Å². The molecule has 1 amide bonds. The molecule has 136 valence electrons. The summed E-state index contributed by atoms with van der Waals surface area (Å²) in [6, 6.07) is 14.1. The summed E-state index contributed by atoms with van der Waals surface area (Å²) in [5.74, 6) is -1.09. The lowest BCUT2D eigenvalue weighted by Gasteiger charge is -2.27. The fourth-order valence-electron chi connectivity index (χ4n) is 2.92. The molecule has 1 saturated heterocycles. The first-order valence-electron chi connectivity index (χ1n) is 8.62. The number of carboxylic acids is 1. The lowest BCUT2D eigenvalue weighted by atomic mass is 10.1. The summed E-state index contributed by atoms with van der Waals surface area (Å²) in [6.45, 7) is 4.25. The van der Waals surface area contributed by atoms with Gasteiger partial charge in [0.05, 0.1) is 18.8 Å². The molecule has 1 fully saturated rings. The Labute approximate surface area is 152 Å². The van der Waals surface area contributed by atoms with Crippen molar-refractivity contribution in [2.24, 2.45) is 0 Å². The zero-order chi connectivity index (χ0) is 18.4. The highest BCUT2D eigenvalue weighted by atomic mass is 16.5. The minimum absolute atomic E-state index is 0.129. The molecule has 0 bridgehead atoms. The maximum atomic E-state index is 12.6. The van der Waals surface area contributed by atoms with E-state index in [2.05, 4.69) is 10.2 Å². The zero-order valence-corrected chi connectivity index (χ0v) is 14.5. The highest BCUT2D eigenvalue weighted by Crippen LogP contribution is 2.13. The molecule has 1 aliphatic heterocycles. The van der Waals surface area contributed by atoms with Crippen molar-refractivity contribution in [1.29, 1.82) is 0 Å². The van der Waals surface area contributed by atoms with Crippen molar-refractivity contribution >= 4 is 11.9 Å². The lowest BCUT2D eigenvalue weighted by molar-refractivity contribution is 0.0340. The van der Waals surface area contributed by atoms with E-state index in [1.54, 1.807) is 12.1 Å². The third kappa shape index (κ3) is 4.68. The minimum Gasteiger partial charge on any atom is -0.478 e. The number of ether oxygens (including phenoxy) is 1. The Bertz CT molecular complexity index is 768. The van der Waals surface area contributed by atoms with Crippen molar-refractivity contribution in [1.82, 2.24) is 10.2 Å². The molecule has 0 saturated carbocycles. The van der Waals surface area contributed by atoms with Gasteiger partial charge in [-0.15, -0.1) is 0 Å². The number of carbonyl (C=O) groups is 2. The molecule has 0 atom stereocenters. The van der Waals surface area contributed by atoms with Gasteiger partial charge >= 0.3 is 5.97 Å². The first-order valence-corrected chi connectivity index (χ1v) is 8.62. The fourth-order valence-corrected chi connectivity index (χ4v) is 2.92. The van der Waals surface area contributed by atoms with Crippen molar-refractivity contribution < 1.29 is 19.4 Å². The molecule has 1 heterocycles. The van der Waals surface area contributed by atoms with Gasteiger partial charge in [-0.1, -0.05) is 30.3 Å². The van der Waals surface area contributed by atoms with Crippen LogP contribution in [0.2, 0.25) is 0 Å².